The minimum atomic E-state index is -0.134. The third-order valence-corrected chi connectivity index (χ3v) is 2.92. The summed E-state index contributed by atoms with van der Waals surface area (Å²) in [6.45, 7) is 2.56. The highest BCUT2D eigenvalue weighted by Gasteiger charge is 1.99. The number of hydrogen-bond donors (Lipinski definition) is 1. The van der Waals surface area contributed by atoms with Crippen LogP contribution in [0.5, 0.6) is 5.75 Å². The summed E-state index contributed by atoms with van der Waals surface area (Å²) in [6, 6.07) is 15.6. The lowest BCUT2D eigenvalue weighted by molar-refractivity contribution is 0.00502. The van der Waals surface area contributed by atoms with Gasteiger partial charge in [0.1, 0.15) is 12.4 Å². The maximum atomic E-state index is 8.70. The molecule has 0 heterocycles. The van der Waals surface area contributed by atoms with Crippen molar-refractivity contribution in [3.05, 3.63) is 65.2 Å². The van der Waals surface area contributed by atoms with Crippen LogP contribution in [0.2, 0.25) is 0 Å². The van der Waals surface area contributed by atoms with Crippen LogP contribution in [0.4, 0.5) is 0 Å². The Morgan fingerprint density at radius 1 is 1.10 bits per heavy atom. The van der Waals surface area contributed by atoms with E-state index in [1.807, 2.05) is 55.5 Å². The number of benzene rings is 2. The highest BCUT2D eigenvalue weighted by molar-refractivity contribution is 5.44. The summed E-state index contributed by atoms with van der Waals surface area (Å²) in [5.41, 5.74) is 3.02. The zero-order valence-corrected chi connectivity index (χ0v) is 12.0. The molecule has 0 amide bonds. The summed E-state index contributed by atoms with van der Waals surface area (Å²) in [5, 5.41) is 8.70. The molecule has 0 aliphatic heterocycles. The van der Waals surface area contributed by atoms with Crippen LogP contribution in [0.25, 0.3) is 0 Å². The summed E-state index contributed by atoms with van der Waals surface area (Å²) in [6.07, 6.45) is 0. The average molecular weight is 282 g/mol. The van der Waals surface area contributed by atoms with Gasteiger partial charge in [-0.05, 0) is 36.2 Å². The lowest BCUT2D eigenvalue weighted by Gasteiger charge is -2.08. The summed E-state index contributed by atoms with van der Waals surface area (Å²) < 4.78 is 11.0. The smallest absolute Gasteiger partial charge is 0.189 e. The van der Waals surface area contributed by atoms with E-state index in [9.17, 15) is 0 Å². The highest BCUT2D eigenvalue weighted by Crippen LogP contribution is 2.16. The molecule has 0 atom stereocenters. The monoisotopic (exact) mass is 282 g/mol. The topological polar surface area (TPSA) is 38.7 Å². The molecule has 1 N–H and O–H groups in total. The lowest BCUT2D eigenvalue weighted by Crippen LogP contribution is -2.03. The molecule has 0 fully saturated rings. The van der Waals surface area contributed by atoms with Gasteiger partial charge in [0.05, 0.1) is 6.61 Å². The van der Waals surface area contributed by atoms with Gasteiger partial charge in [0, 0.05) is 5.56 Å². The van der Waals surface area contributed by atoms with Crippen molar-refractivity contribution in [1.29, 1.82) is 0 Å². The van der Waals surface area contributed by atoms with Gasteiger partial charge < -0.3 is 14.6 Å². The summed E-state index contributed by atoms with van der Waals surface area (Å²) in [4.78, 5) is 0. The van der Waals surface area contributed by atoms with Gasteiger partial charge in [-0.15, -0.1) is 0 Å². The molecular weight excluding hydrogens is 264 g/mol. The Hall–Kier alpha value is -2.28. The molecule has 2 aromatic carbocycles. The number of aryl methyl sites for hydroxylation is 1. The van der Waals surface area contributed by atoms with E-state index in [2.05, 4.69) is 11.8 Å². The van der Waals surface area contributed by atoms with Gasteiger partial charge in [0.25, 0.3) is 0 Å². The maximum Gasteiger partial charge on any atom is 0.189 e. The van der Waals surface area contributed by atoms with Crippen LogP contribution in [0.1, 0.15) is 16.7 Å². The first-order chi connectivity index (χ1) is 10.3. The SMILES string of the molecule is Cc1cc(OCOCc2ccccc2)ccc1C#CCO. The van der Waals surface area contributed by atoms with Crippen LogP contribution in [0.3, 0.4) is 0 Å². The second-order valence-electron chi connectivity index (χ2n) is 4.53. The molecule has 0 aromatic heterocycles. The Kier molecular flexibility index (Phi) is 5.83. The van der Waals surface area contributed by atoms with Crippen molar-refractivity contribution in [3.8, 4) is 17.6 Å². The summed E-state index contributed by atoms with van der Waals surface area (Å²) >= 11 is 0. The molecule has 0 spiro atoms. The third kappa shape index (κ3) is 4.96. The summed E-state index contributed by atoms with van der Waals surface area (Å²) in [5.74, 6) is 6.27. The molecule has 0 saturated heterocycles. The number of ether oxygens (including phenoxy) is 2. The molecule has 0 aliphatic carbocycles. The standard InChI is InChI=1S/C18H18O3/c1-15-12-18(10-9-17(15)8-5-11-19)21-14-20-13-16-6-3-2-4-7-16/h2-4,6-7,9-10,12,19H,11,13-14H2,1H3. The number of aliphatic hydroxyl groups is 1. The van der Waals surface area contributed by atoms with Gasteiger partial charge in [-0.25, -0.2) is 0 Å². The number of hydrogen-bond acceptors (Lipinski definition) is 3. The quantitative estimate of drug-likeness (QED) is 0.520. The predicted octanol–water partition coefficient (Wildman–Crippen LogP) is 2.89. The van der Waals surface area contributed by atoms with Gasteiger partial charge in [-0.2, -0.15) is 0 Å². The number of aliphatic hydroxyl groups excluding tert-OH is 1. The Balaban J connectivity index is 1.82. The molecular formula is C18H18O3. The highest BCUT2D eigenvalue weighted by atomic mass is 16.7. The van der Waals surface area contributed by atoms with Gasteiger partial charge >= 0.3 is 0 Å². The van der Waals surface area contributed by atoms with E-state index < -0.39 is 0 Å². The molecule has 0 unspecified atom stereocenters. The lowest BCUT2D eigenvalue weighted by atomic mass is 10.1. The van der Waals surface area contributed by atoms with E-state index in [0.717, 1.165) is 22.4 Å². The fourth-order valence-electron chi connectivity index (χ4n) is 1.84. The van der Waals surface area contributed by atoms with E-state index in [4.69, 9.17) is 14.6 Å². The maximum absolute atomic E-state index is 8.70. The molecule has 3 heteroatoms. The van der Waals surface area contributed by atoms with Crippen LogP contribution in [-0.2, 0) is 11.3 Å². The van der Waals surface area contributed by atoms with Crippen LogP contribution < -0.4 is 4.74 Å². The van der Waals surface area contributed by atoms with Crippen molar-refractivity contribution in [1.82, 2.24) is 0 Å². The van der Waals surface area contributed by atoms with E-state index in [-0.39, 0.29) is 13.4 Å². The van der Waals surface area contributed by atoms with Crippen LogP contribution in [0, 0.1) is 18.8 Å². The van der Waals surface area contributed by atoms with Gasteiger partial charge in [-0.3, -0.25) is 0 Å². The molecule has 108 valence electrons. The molecule has 3 nitrogen and oxygen atoms in total. The van der Waals surface area contributed by atoms with Crippen molar-refractivity contribution >= 4 is 0 Å². The third-order valence-electron chi connectivity index (χ3n) is 2.92. The van der Waals surface area contributed by atoms with Crippen molar-refractivity contribution in [2.45, 2.75) is 13.5 Å². The molecule has 0 radical (unpaired) electrons. The normalized spacial score (nSPS) is 9.81. The van der Waals surface area contributed by atoms with Crippen molar-refractivity contribution in [2.24, 2.45) is 0 Å². The van der Waals surface area contributed by atoms with Crippen LogP contribution in [0.15, 0.2) is 48.5 Å². The first-order valence-corrected chi connectivity index (χ1v) is 6.74. The van der Waals surface area contributed by atoms with Crippen LogP contribution in [-0.4, -0.2) is 18.5 Å². The molecule has 0 bridgehead atoms. The Bertz CT molecular complexity index is 624. The fraction of sp³-hybridized carbons (Fsp3) is 0.222. The fourth-order valence-corrected chi connectivity index (χ4v) is 1.84. The molecule has 0 aliphatic rings. The molecule has 0 saturated carbocycles. The van der Waals surface area contributed by atoms with E-state index in [1.165, 1.54) is 0 Å². The van der Waals surface area contributed by atoms with Gasteiger partial charge in [0.2, 0.25) is 0 Å². The Morgan fingerprint density at radius 3 is 2.62 bits per heavy atom. The molecule has 2 rings (SSSR count). The van der Waals surface area contributed by atoms with Crippen molar-refractivity contribution in [2.75, 3.05) is 13.4 Å². The zero-order valence-electron chi connectivity index (χ0n) is 12.0. The largest absolute Gasteiger partial charge is 0.468 e. The van der Waals surface area contributed by atoms with Crippen molar-refractivity contribution in [3.63, 3.8) is 0 Å². The second kappa shape index (κ2) is 8.11. The first kappa shape index (κ1) is 15.1. The Labute approximate surface area is 125 Å². The van der Waals surface area contributed by atoms with E-state index in [1.54, 1.807) is 0 Å². The minimum absolute atomic E-state index is 0.134. The second-order valence-corrected chi connectivity index (χ2v) is 4.53. The molecule has 2 aromatic rings. The molecule has 21 heavy (non-hydrogen) atoms. The zero-order chi connectivity index (χ0) is 14.9. The Morgan fingerprint density at radius 2 is 1.90 bits per heavy atom. The van der Waals surface area contributed by atoms with Gasteiger partial charge in [-0.1, -0.05) is 42.2 Å². The van der Waals surface area contributed by atoms with Crippen LogP contribution >= 0.6 is 0 Å². The number of rotatable bonds is 5. The van der Waals surface area contributed by atoms with Crippen molar-refractivity contribution < 1.29 is 14.6 Å². The van der Waals surface area contributed by atoms with E-state index >= 15 is 0 Å². The van der Waals surface area contributed by atoms with Gasteiger partial charge in [0.15, 0.2) is 6.79 Å². The predicted molar refractivity (Wildman–Crippen MR) is 81.9 cm³/mol. The first-order valence-electron chi connectivity index (χ1n) is 6.74. The minimum Gasteiger partial charge on any atom is -0.468 e. The summed E-state index contributed by atoms with van der Waals surface area (Å²) in [7, 11) is 0. The average Bonchev–Trinajstić information content (AvgIpc) is 2.52. The van der Waals surface area contributed by atoms with E-state index in [0.29, 0.717) is 6.61 Å².